The standard InChI is InChI=1S/C14H18N2O3/c1-9(15)2-5-13(17)16-7-6-10-3-4-11(14(18)19)8-12(10)16/h3-4,8-9H,2,5-7,15H2,1H3,(H,18,19). The molecule has 0 spiro atoms. The summed E-state index contributed by atoms with van der Waals surface area (Å²) in [5.41, 5.74) is 7.62. The Labute approximate surface area is 112 Å². The quantitative estimate of drug-likeness (QED) is 0.859. The van der Waals surface area contributed by atoms with Crippen LogP contribution >= 0.6 is 0 Å². The molecule has 1 aliphatic rings. The molecule has 3 N–H and O–H groups in total. The molecule has 0 bridgehead atoms. The van der Waals surface area contributed by atoms with Crippen LogP contribution in [0.15, 0.2) is 18.2 Å². The van der Waals surface area contributed by atoms with Crippen LogP contribution in [0, 0.1) is 0 Å². The van der Waals surface area contributed by atoms with Crippen LogP contribution in [0.3, 0.4) is 0 Å². The highest BCUT2D eigenvalue weighted by Gasteiger charge is 2.25. The maximum atomic E-state index is 12.1. The van der Waals surface area contributed by atoms with E-state index in [4.69, 9.17) is 10.8 Å². The maximum Gasteiger partial charge on any atom is 0.335 e. The Morgan fingerprint density at radius 1 is 1.47 bits per heavy atom. The molecule has 1 amide bonds. The summed E-state index contributed by atoms with van der Waals surface area (Å²) in [7, 11) is 0. The van der Waals surface area contributed by atoms with Gasteiger partial charge in [-0.1, -0.05) is 6.07 Å². The van der Waals surface area contributed by atoms with Gasteiger partial charge in [0.05, 0.1) is 5.56 Å². The Hall–Kier alpha value is -1.88. The van der Waals surface area contributed by atoms with Gasteiger partial charge in [0.1, 0.15) is 0 Å². The second kappa shape index (κ2) is 5.40. The third kappa shape index (κ3) is 2.93. The van der Waals surface area contributed by atoms with Crippen molar-refractivity contribution < 1.29 is 14.7 Å². The molecule has 0 saturated heterocycles. The molecule has 1 atom stereocenters. The Kier molecular flexibility index (Phi) is 3.85. The van der Waals surface area contributed by atoms with Gasteiger partial charge in [0, 0.05) is 24.7 Å². The van der Waals surface area contributed by atoms with E-state index in [1.165, 1.54) is 0 Å². The largest absolute Gasteiger partial charge is 0.478 e. The monoisotopic (exact) mass is 262 g/mol. The summed E-state index contributed by atoms with van der Waals surface area (Å²) < 4.78 is 0. The molecule has 1 heterocycles. The molecule has 5 nitrogen and oxygen atoms in total. The van der Waals surface area contributed by atoms with E-state index in [0.29, 0.717) is 19.4 Å². The summed E-state index contributed by atoms with van der Waals surface area (Å²) in [6, 6.07) is 4.94. The van der Waals surface area contributed by atoms with Crippen LogP contribution in [0.2, 0.25) is 0 Å². The van der Waals surface area contributed by atoms with E-state index in [1.54, 1.807) is 23.1 Å². The number of nitrogens with two attached hydrogens (primary N) is 1. The highest BCUT2D eigenvalue weighted by Crippen LogP contribution is 2.29. The molecule has 102 valence electrons. The number of hydrogen-bond donors (Lipinski definition) is 2. The first kappa shape index (κ1) is 13.5. The van der Waals surface area contributed by atoms with Crippen molar-refractivity contribution in [3.63, 3.8) is 0 Å². The van der Waals surface area contributed by atoms with E-state index in [1.807, 2.05) is 6.92 Å². The van der Waals surface area contributed by atoms with Crippen LogP contribution in [0.4, 0.5) is 5.69 Å². The highest BCUT2D eigenvalue weighted by atomic mass is 16.4. The summed E-state index contributed by atoms with van der Waals surface area (Å²) in [6.07, 6.45) is 1.82. The predicted molar refractivity (Wildman–Crippen MR) is 72.3 cm³/mol. The van der Waals surface area contributed by atoms with Gasteiger partial charge in [-0.05, 0) is 37.5 Å². The van der Waals surface area contributed by atoms with Crippen molar-refractivity contribution in [2.45, 2.75) is 32.2 Å². The molecule has 19 heavy (non-hydrogen) atoms. The third-order valence-electron chi connectivity index (χ3n) is 3.34. The Morgan fingerprint density at radius 3 is 2.84 bits per heavy atom. The molecule has 1 aliphatic heterocycles. The van der Waals surface area contributed by atoms with Crippen LogP contribution < -0.4 is 10.6 Å². The van der Waals surface area contributed by atoms with Crippen LogP contribution in [-0.2, 0) is 11.2 Å². The normalized spacial score (nSPS) is 15.2. The Balaban J connectivity index is 2.18. The first-order valence-corrected chi connectivity index (χ1v) is 6.41. The molecular weight excluding hydrogens is 244 g/mol. The number of aromatic carboxylic acids is 1. The maximum absolute atomic E-state index is 12.1. The van der Waals surface area contributed by atoms with E-state index < -0.39 is 5.97 Å². The van der Waals surface area contributed by atoms with Gasteiger partial charge in [0.15, 0.2) is 0 Å². The fourth-order valence-corrected chi connectivity index (χ4v) is 2.26. The lowest BCUT2D eigenvalue weighted by atomic mass is 10.1. The number of fused-ring (bicyclic) bond motifs is 1. The fraction of sp³-hybridized carbons (Fsp3) is 0.429. The number of carbonyl (C=O) groups is 2. The van der Waals surface area contributed by atoms with Crippen molar-refractivity contribution in [1.82, 2.24) is 0 Å². The molecule has 0 radical (unpaired) electrons. The SMILES string of the molecule is CC(N)CCC(=O)N1CCc2ccc(C(=O)O)cc21. The number of carboxylic acids is 1. The molecule has 1 aromatic rings. The number of rotatable bonds is 4. The summed E-state index contributed by atoms with van der Waals surface area (Å²) in [4.78, 5) is 24.8. The van der Waals surface area contributed by atoms with E-state index in [-0.39, 0.29) is 17.5 Å². The van der Waals surface area contributed by atoms with Crippen LogP contribution in [0.1, 0.15) is 35.7 Å². The Bertz CT molecular complexity index is 511. The average Bonchev–Trinajstić information content (AvgIpc) is 2.78. The summed E-state index contributed by atoms with van der Waals surface area (Å²) >= 11 is 0. The van der Waals surface area contributed by atoms with Gasteiger partial charge in [0.25, 0.3) is 0 Å². The van der Waals surface area contributed by atoms with E-state index in [0.717, 1.165) is 17.7 Å². The zero-order valence-corrected chi connectivity index (χ0v) is 10.9. The number of nitrogens with zero attached hydrogens (tertiary/aromatic N) is 1. The molecule has 0 fully saturated rings. The van der Waals surface area contributed by atoms with E-state index in [9.17, 15) is 9.59 Å². The van der Waals surface area contributed by atoms with E-state index in [2.05, 4.69) is 0 Å². The molecule has 0 saturated carbocycles. The van der Waals surface area contributed by atoms with Gasteiger partial charge in [-0.2, -0.15) is 0 Å². The molecule has 1 aromatic carbocycles. The van der Waals surface area contributed by atoms with Crippen molar-refractivity contribution in [1.29, 1.82) is 0 Å². The number of amides is 1. The predicted octanol–water partition coefficient (Wildman–Crippen LogP) is 1.40. The number of carboxylic acid groups (broad SMARTS) is 1. The van der Waals surface area contributed by atoms with Gasteiger partial charge >= 0.3 is 5.97 Å². The zero-order chi connectivity index (χ0) is 14.0. The lowest BCUT2D eigenvalue weighted by Crippen LogP contribution is -2.30. The van der Waals surface area contributed by atoms with Crippen molar-refractivity contribution in [3.05, 3.63) is 29.3 Å². The van der Waals surface area contributed by atoms with Gasteiger partial charge in [-0.25, -0.2) is 4.79 Å². The molecule has 0 aliphatic carbocycles. The molecule has 5 heteroatoms. The summed E-state index contributed by atoms with van der Waals surface area (Å²) in [5.74, 6) is -0.962. The topological polar surface area (TPSA) is 83.6 Å². The second-order valence-corrected chi connectivity index (χ2v) is 4.96. The molecular formula is C14H18N2O3. The van der Waals surface area contributed by atoms with Gasteiger partial charge < -0.3 is 15.7 Å². The number of anilines is 1. The minimum absolute atomic E-state index is 0.00335. The first-order valence-electron chi connectivity index (χ1n) is 6.41. The summed E-state index contributed by atoms with van der Waals surface area (Å²) in [5, 5.41) is 9.00. The summed E-state index contributed by atoms with van der Waals surface area (Å²) in [6.45, 7) is 2.49. The van der Waals surface area contributed by atoms with Crippen LogP contribution in [0.5, 0.6) is 0 Å². The lowest BCUT2D eigenvalue weighted by molar-refractivity contribution is -0.118. The van der Waals surface area contributed by atoms with Crippen LogP contribution in [-0.4, -0.2) is 29.6 Å². The second-order valence-electron chi connectivity index (χ2n) is 4.96. The smallest absolute Gasteiger partial charge is 0.335 e. The van der Waals surface area contributed by atoms with Crippen molar-refractivity contribution in [3.8, 4) is 0 Å². The molecule has 2 rings (SSSR count). The molecule has 0 aromatic heterocycles. The van der Waals surface area contributed by atoms with Gasteiger partial charge in [-0.3, -0.25) is 4.79 Å². The number of benzene rings is 1. The minimum atomic E-state index is -0.974. The minimum Gasteiger partial charge on any atom is -0.478 e. The zero-order valence-electron chi connectivity index (χ0n) is 10.9. The van der Waals surface area contributed by atoms with Crippen molar-refractivity contribution >= 4 is 17.6 Å². The first-order chi connectivity index (χ1) is 8.99. The van der Waals surface area contributed by atoms with Gasteiger partial charge in [-0.15, -0.1) is 0 Å². The number of hydrogen-bond acceptors (Lipinski definition) is 3. The third-order valence-corrected chi connectivity index (χ3v) is 3.34. The lowest BCUT2D eigenvalue weighted by Gasteiger charge is -2.18. The van der Waals surface area contributed by atoms with Crippen molar-refractivity contribution in [2.24, 2.45) is 5.73 Å². The van der Waals surface area contributed by atoms with Crippen LogP contribution in [0.25, 0.3) is 0 Å². The van der Waals surface area contributed by atoms with Crippen molar-refractivity contribution in [2.75, 3.05) is 11.4 Å². The Morgan fingerprint density at radius 2 is 2.21 bits per heavy atom. The fourth-order valence-electron chi connectivity index (χ4n) is 2.26. The highest BCUT2D eigenvalue weighted by molar-refractivity contribution is 5.97. The average molecular weight is 262 g/mol. The molecule has 1 unspecified atom stereocenters. The van der Waals surface area contributed by atoms with E-state index >= 15 is 0 Å². The number of carbonyl (C=O) groups excluding carboxylic acids is 1. The van der Waals surface area contributed by atoms with Gasteiger partial charge in [0.2, 0.25) is 5.91 Å².